The molecule has 3 heteroatoms. The van der Waals surface area contributed by atoms with E-state index in [-0.39, 0.29) is 16.5 Å². The van der Waals surface area contributed by atoms with Gasteiger partial charge in [-0.3, -0.25) is 4.98 Å². The van der Waals surface area contributed by atoms with Crippen molar-refractivity contribution in [2.75, 3.05) is 0 Å². The number of para-hydroxylation sites is 1. The van der Waals surface area contributed by atoms with E-state index in [1.807, 2.05) is 30.3 Å². The van der Waals surface area contributed by atoms with E-state index in [2.05, 4.69) is 17.6 Å². The average molecular weight is 220 g/mol. The molecule has 0 fully saturated rings. The molecular formula is C9H7NNiS. The zero-order valence-corrected chi connectivity index (χ0v) is 8.06. The van der Waals surface area contributed by atoms with Crippen LogP contribution in [-0.2, 0) is 16.5 Å². The first-order valence-electron chi connectivity index (χ1n) is 3.40. The molecule has 0 aliphatic heterocycles. The quantitative estimate of drug-likeness (QED) is 0.531. The Balaban J connectivity index is 0.000000720. The molecule has 2 rings (SSSR count). The molecule has 0 saturated heterocycles. The first-order chi connectivity index (χ1) is 5.38. The van der Waals surface area contributed by atoms with Crippen LogP contribution in [0.5, 0.6) is 0 Å². The van der Waals surface area contributed by atoms with Crippen LogP contribution < -0.4 is 0 Å². The number of aromatic nitrogens is 1. The molecule has 1 nitrogen and oxygen atoms in total. The number of nitrogens with zero attached hydrogens (tertiary/aromatic N) is 1. The monoisotopic (exact) mass is 219 g/mol. The molecule has 0 radical (unpaired) electrons. The number of pyridine rings is 1. The first-order valence-corrected chi connectivity index (χ1v) is 3.85. The molecule has 0 atom stereocenters. The zero-order valence-electron chi connectivity index (χ0n) is 6.17. The van der Waals surface area contributed by atoms with Gasteiger partial charge in [0.1, 0.15) is 0 Å². The van der Waals surface area contributed by atoms with Crippen molar-refractivity contribution in [1.29, 1.82) is 0 Å². The largest absolute Gasteiger partial charge is 0.255 e. The van der Waals surface area contributed by atoms with Crippen molar-refractivity contribution in [3.05, 3.63) is 36.5 Å². The van der Waals surface area contributed by atoms with E-state index in [1.54, 1.807) is 6.20 Å². The van der Waals surface area contributed by atoms with Gasteiger partial charge in [-0.2, -0.15) is 0 Å². The fourth-order valence-corrected chi connectivity index (χ4v) is 1.36. The van der Waals surface area contributed by atoms with E-state index in [1.165, 1.54) is 0 Å². The fourth-order valence-electron chi connectivity index (χ4n) is 1.09. The summed E-state index contributed by atoms with van der Waals surface area (Å²) in [6.07, 6.45) is 1.78. The summed E-state index contributed by atoms with van der Waals surface area (Å²) in [6, 6.07) is 9.91. The number of benzene rings is 1. The summed E-state index contributed by atoms with van der Waals surface area (Å²) in [5, 5.41) is 1.14. The standard InChI is InChI=1S/C9H7NS.Ni/c11-8-5-1-3-7-4-2-6-10-9(7)8;/h1-6,11H;. The van der Waals surface area contributed by atoms with Gasteiger partial charge in [-0.15, -0.1) is 12.6 Å². The Morgan fingerprint density at radius 3 is 2.58 bits per heavy atom. The van der Waals surface area contributed by atoms with E-state index in [9.17, 15) is 0 Å². The Bertz CT molecular complexity index is 384. The topological polar surface area (TPSA) is 12.9 Å². The summed E-state index contributed by atoms with van der Waals surface area (Å²) in [5.74, 6) is 0. The van der Waals surface area contributed by atoms with Crippen LogP contribution in [0.3, 0.4) is 0 Å². The number of hydrogen-bond donors (Lipinski definition) is 1. The summed E-state index contributed by atoms with van der Waals surface area (Å²) < 4.78 is 0. The maximum absolute atomic E-state index is 4.29. The number of hydrogen-bond acceptors (Lipinski definition) is 2. The van der Waals surface area contributed by atoms with Gasteiger partial charge < -0.3 is 0 Å². The van der Waals surface area contributed by atoms with Crippen LogP contribution in [0.2, 0.25) is 0 Å². The van der Waals surface area contributed by atoms with Crippen molar-refractivity contribution in [2.45, 2.75) is 4.90 Å². The molecule has 12 heavy (non-hydrogen) atoms. The first kappa shape index (κ1) is 9.56. The number of thiol groups is 1. The third-order valence-corrected chi connectivity index (χ3v) is 1.97. The van der Waals surface area contributed by atoms with E-state index >= 15 is 0 Å². The zero-order chi connectivity index (χ0) is 7.68. The molecule has 0 aliphatic carbocycles. The van der Waals surface area contributed by atoms with Gasteiger partial charge in [-0.05, 0) is 12.1 Å². The summed E-state index contributed by atoms with van der Waals surface area (Å²) in [5.41, 5.74) is 0.971. The molecule has 0 amide bonds. The molecule has 1 aromatic heterocycles. The van der Waals surface area contributed by atoms with Gasteiger partial charge in [0.05, 0.1) is 5.52 Å². The minimum atomic E-state index is 0. The maximum Gasteiger partial charge on any atom is 0.0835 e. The van der Waals surface area contributed by atoms with Crippen molar-refractivity contribution in [3.63, 3.8) is 0 Å². The van der Waals surface area contributed by atoms with Crippen molar-refractivity contribution < 1.29 is 16.5 Å². The molecule has 0 unspecified atom stereocenters. The SMILES string of the molecule is Sc1cccc2cccnc12.[Ni]. The number of fused-ring (bicyclic) bond motifs is 1. The predicted molar refractivity (Wildman–Crippen MR) is 49.0 cm³/mol. The average Bonchev–Trinajstić information content (AvgIpc) is 2.06. The minimum absolute atomic E-state index is 0. The van der Waals surface area contributed by atoms with Crippen molar-refractivity contribution in [2.24, 2.45) is 0 Å². The third kappa shape index (κ3) is 1.62. The van der Waals surface area contributed by atoms with Crippen LogP contribution in [0.15, 0.2) is 41.4 Å². The van der Waals surface area contributed by atoms with Crippen LogP contribution >= 0.6 is 12.6 Å². The maximum atomic E-state index is 4.29. The van der Waals surface area contributed by atoms with E-state index in [4.69, 9.17) is 0 Å². The van der Waals surface area contributed by atoms with Crippen molar-refractivity contribution >= 4 is 23.5 Å². The van der Waals surface area contributed by atoms with Crippen LogP contribution in [0.25, 0.3) is 10.9 Å². The van der Waals surface area contributed by atoms with Crippen molar-refractivity contribution in [1.82, 2.24) is 4.98 Å². The van der Waals surface area contributed by atoms with Gasteiger partial charge in [0.15, 0.2) is 0 Å². The smallest absolute Gasteiger partial charge is 0.0835 e. The van der Waals surface area contributed by atoms with E-state index < -0.39 is 0 Å². The second-order valence-corrected chi connectivity index (χ2v) is 2.83. The van der Waals surface area contributed by atoms with Crippen LogP contribution in [0.4, 0.5) is 0 Å². The molecule has 0 spiro atoms. The summed E-state index contributed by atoms with van der Waals surface area (Å²) >= 11 is 4.29. The Morgan fingerprint density at radius 1 is 1.08 bits per heavy atom. The summed E-state index contributed by atoms with van der Waals surface area (Å²) in [4.78, 5) is 5.14. The molecule has 0 saturated carbocycles. The second kappa shape index (κ2) is 3.93. The van der Waals surface area contributed by atoms with Crippen molar-refractivity contribution in [3.8, 4) is 0 Å². The van der Waals surface area contributed by atoms with Crippen LogP contribution in [-0.4, -0.2) is 4.98 Å². The molecule has 1 heterocycles. The molecule has 0 bridgehead atoms. The fraction of sp³-hybridized carbons (Fsp3) is 0. The third-order valence-electron chi connectivity index (χ3n) is 1.61. The van der Waals surface area contributed by atoms with Gasteiger partial charge in [0, 0.05) is 33.0 Å². The normalized spacial score (nSPS) is 9.42. The summed E-state index contributed by atoms with van der Waals surface area (Å²) in [6.45, 7) is 0. The van der Waals surface area contributed by atoms with Gasteiger partial charge in [-0.25, -0.2) is 0 Å². The number of rotatable bonds is 0. The van der Waals surface area contributed by atoms with E-state index in [0.717, 1.165) is 15.8 Å². The predicted octanol–water partition coefficient (Wildman–Crippen LogP) is 2.52. The molecule has 0 aliphatic rings. The Kier molecular flexibility index (Phi) is 3.13. The molecule has 0 N–H and O–H groups in total. The molecule has 1 aromatic carbocycles. The minimum Gasteiger partial charge on any atom is -0.255 e. The van der Waals surface area contributed by atoms with Gasteiger partial charge in [0.25, 0.3) is 0 Å². The van der Waals surface area contributed by atoms with Crippen LogP contribution in [0.1, 0.15) is 0 Å². The molecule has 2 aromatic rings. The van der Waals surface area contributed by atoms with Crippen LogP contribution in [0, 0.1) is 0 Å². The molecule has 64 valence electrons. The molecular weight excluding hydrogens is 213 g/mol. The Hall–Kier alpha value is -0.526. The van der Waals surface area contributed by atoms with Gasteiger partial charge >= 0.3 is 0 Å². The van der Waals surface area contributed by atoms with E-state index in [0.29, 0.717) is 0 Å². The Morgan fingerprint density at radius 2 is 1.83 bits per heavy atom. The second-order valence-electron chi connectivity index (χ2n) is 2.35. The van der Waals surface area contributed by atoms with Gasteiger partial charge in [0.2, 0.25) is 0 Å². The van der Waals surface area contributed by atoms with Gasteiger partial charge in [-0.1, -0.05) is 18.2 Å². The Labute approximate surface area is 86.5 Å². The summed E-state index contributed by atoms with van der Waals surface area (Å²) in [7, 11) is 0.